The fourth-order valence-electron chi connectivity index (χ4n) is 6.03. The molecule has 0 unspecified atom stereocenters. The van der Waals surface area contributed by atoms with Gasteiger partial charge in [-0.1, -0.05) is 37.5 Å². The van der Waals surface area contributed by atoms with E-state index in [9.17, 15) is 19.2 Å². The molecule has 30 heavy (non-hydrogen) atoms. The van der Waals surface area contributed by atoms with Gasteiger partial charge in [-0.15, -0.1) is 0 Å². The number of hydrogen-bond acceptors (Lipinski definition) is 5. The van der Waals surface area contributed by atoms with Gasteiger partial charge in [-0.2, -0.15) is 0 Å². The van der Waals surface area contributed by atoms with Crippen molar-refractivity contribution in [1.82, 2.24) is 10.2 Å². The predicted octanol–water partition coefficient (Wildman–Crippen LogP) is 1.01. The number of nitrogens with zero attached hydrogens (tertiary/aromatic N) is 1. The number of benzene rings is 1. The molecule has 5 rings (SSSR count). The van der Waals surface area contributed by atoms with E-state index in [1.807, 2.05) is 18.2 Å². The Labute approximate surface area is 174 Å². The summed E-state index contributed by atoms with van der Waals surface area (Å²) in [7, 11) is 0. The minimum absolute atomic E-state index is 0.0884. The lowest BCUT2D eigenvalue weighted by Crippen LogP contribution is -2.54. The Morgan fingerprint density at radius 1 is 1.10 bits per heavy atom. The van der Waals surface area contributed by atoms with Gasteiger partial charge < -0.3 is 11.1 Å². The first kappa shape index (κ1) is 19.2. The maximum atomic E-state index is 13.7. The first-order chi connectivity index (χ1) is 14.4. The quantitative estimate of drug-likeness (QED) is 0.640. The lowest BCUT2D eigenvalue weighted by Gasteiger charge is -2.33. The van der Waals surface area contributed by atoms with Crippen LogP contribution in [-0.2, 0) is 24.7 Å². The molecule has 1 aromatic carbocycles. The molecule has 3 aliphatic heterocycles. The maximum Gasteiger partial charge on any atom is 0.250 e. The van der Waals surface area contributed by atoms with Crippen molar-refractivity contribution in [3.63, 3.8) is 0 Å². The van der Waals surface area contributed by atoms with E-state index in [1.165, 1.54) is 4.90 Å². The highest BCUT2D eigenvalue weighted by atomic mass is 16.2. The number of rotatable bonds is 4. The third kappa shape index (κ3) is 2.56. The van der Waals surface area contributed by atoms with Crippen molar-refractivity contribution in [2.75, 3.05) is 5.32 Å². The van der Waals surface area contributed by atoms with E-state index in [2.05, 4.69) is 10.6 Å². The van der Waals surface area contributed by atoms with E-state index < -0.39 is 29.3 Å². The number of hydrogen-bond donors (Lipinski definition) is 3. The van der Waals surface area contributed by atoms with Gasteiger partial charge >= 0.3 is 0 Å². The van der Waals surface area contributed by atoms with Crippen molar-refractivity contribution in [1.29, 1.82) is 0 Å². The highest BCUT2D eigenvalue weighted by Crippen LogP contribution is 2.54. The molecule has 1 aliphatic carbocycles. The number of imide groups is 1. The third-order valence-electron chi connectivity index (χ3n) is 7.30. The molecule has 4 atom stereocenters. The van der Waals surface area contributed by atoms with Crippen LogP contribution < -0.4 is 16.4 Å². The number of likely N-dealkylation sites (tertiary alicyclic amines) is 1. The first-order valence-corrected chi connectivity index (χ1v) is 10.8. The van der Waals surface area contributed by atoms with Gasteiger partial charge in [-0.25, -0.2) is 0 Å². The summed E-state index contributed by atoms with van der Waals surface area (Å²) in [5.41, 5.74) is 5.41. The van der Waals surface area contributed by atoms with Crippen molar-refractivity contribution in [2.45, 2.75) is 62.6 Å². The molecule has 158 valence electrons. The molecule has 1 aromatic rings. The Bertz CT molecular complexity index is 941. The molecule has 3 heterocycles. The number of carbonyl (C=O) groups is 4. The Morgan fingerprint density at radius 3 is 2.57 bits per heavy atom. The van der Waals surface area contributed by atoms with Crippen LogP contribution in [0, 0.1) is 11.8 Å². The van der Waals surface area contributed by atoms with Crippen LogP contribution in [-0.4, -0.2) is 40.6 Å². The van der Waals surface area contributed by atoms with Gasteiger partial charge in [-0.3, -0.25) is 29.4 Å². The Kier molecular flexibility index (Phi) is 4.43. The van der Waals surface area contributed by atoms with Gasteiger partial charge in [0.2, 0.25) is 23.6 Å². The van der Waals surface area contributed by atoms with Crippen molar-refractivity contribution in [3.8, 4) is 0 Å². The maximum absolute atomic E-state index is 13.7. The largest absolute Gasteiger partial charge is 0.370 e. The van der Waals surface area contributed by atoms with Crippen molar-refractivity contribution < 1.29 is 19.2 Å². The zero-order chi connectivity index (χ0) is 21.0. The second-order valence-electron chi connectivity index (χ2n) is 8.91. The molecule has 1 saturated carbocycles. The molecule has 8 nitrogen and oxygen atoms in total. The van der Waals surface area contributed by atoms with Crippen LogP contribution in [0.5, 0.6) is 0 Å². The molecule has 0 radical (unpaired) electrons. The monoisotopic (exact) mass is 410 g/mol. The minimum atomic E-state index is -1.29. The van der Waals surface area contributed by atoms with E-state index in [0.29, 0.717) is 17.7 Å². The van der Waals surface area contributed by atoms with Gasteiger partial charge in [0.25, 0.3) is 0 Å². The van der Waals surface area contributed by atoms with Crippen molar-refractivity contribution in [2.24, 2.45) is 17.6 Å². The normalized spacial score (nSPS) is 33.1. The summed E-state index contributed by atoms with van der Waals surface area (Å²) in [4.78, 5) is 53.4. The number of nitrogens with one attached hydrogen (secondary N) is 2. The van der Waals surface area contributed by atoms with Crippen LogP contribution in [0.2, 0.25) is 0 Å². The number of primary amides is 1. The lowest BCUT2D eigenvalue weighted by molar-refractivity contribution is -0.146. The molecule has 0 bridgehead atoms. The molecule has 0 aromatic heterocycles. The van der Waals surface area contributed by atoms with Crippen LogP contribution in [0.4, 0.5) is 5.69 Å². The standard InChI is InChI=1S/C22H26N4O4/c23-16(27)11-10-15-17-18(20(29)26(19(17)28)12-6-2-1-3-7-12)22(25-15)13-8-4-5-9-14(13)24-21(22)30/h4-5,8-9,12,15,17-18,25H,1-3,6-7,10-11H2,(H2,23,27)(H,24,30)/t15-,17+,18-,22-/m0/s1. The number of carbonyl (C=O) groups excluding carboxylic acids is 4. The molecule has 2 saturated heterocycles. The smallest absolute Gasteiger partial charge is 0.250 e. The van der Waals surface area contributed by atoms with E-state index in [4.69, 9.17) is 5.73 Å². The van der Waals surface area contributed by atoms with Gasteiger partial charge in [0.1, 0.15) is 5.54 Å². The lowest BCUT2D eigenvalue weighted by atomic mass is 9.76. The average Bonchev–Trinajstić information content (AvgIpc) is 3.32. The summed E-state index contributed by atoms with van der Waals surface area (Å²) >= 11 is 0. The minimum Gasteiger partial charge on any atom is -0.370 e. The third-order valence-corrected chi connectivity index (χ3v) is 7.30. The van der Waals surface area contributed by atoms with Crippen LogP contribution >= 0.6 is 0 Å². The Balaban J connectivity index is 1.59. The number of nitrogens with two attached hydrogens (primary N) is 1. The summed E-state index contributed by atoms with van der Waals surface area (Å²) in [6.07, 6.45) is 5.13. The Hall–Kier alpha value is -2.74. The average molecular weight is 410 g/mol. The van der Waals surface area contributed by atoms with Crippen LogP contribution in [0.25, 0.3) is 0 Å². The van der Waals surface area contributed by atoms with E-state index >= 15 is 0 Å². The molecular weight excluding hydrogens is 384 g/mol. The zero-order valence-corrected chi connectivity index (χ0v) is 16.7. The summed E-state index contributed by atoms with van der Waals surface area (Å²) in [6.45, 7) is 0. The van der Waals surface area contributed by atoms with Gasteiger partial charge in [0.05, 0.1) is 11.8 Å². The highest BCUT2D eigenvalue weighted by Gasteiger charge is 2.70. The highest BCUT2D eigenvalue weighted by molar-refractivity contribution is 6.15. The first-order valence-electron chi connectivity index (χ1n) is 10.8. The Morgan fingerprint density at radius 2 is 1.83 bits per heavy atom. The second kappa shape index (κ2) is 6.91. The van der Waals surface area contributed by atoms with E-state index in [-0.39, 0.29) is 30.2 Å². The van der Waals surface area contributed by atoms with E-state index in [0.717, 1.165) is 32.1 Å². The molecule has 3 fully saturated rings. The molecule has 4 aliphatic rings. The van der Waals surface area contributed by atoms with Crippen molar-refractivity contribution in [3.05, 3.63) is 29.8 Å². The van der Waals surface area contributed by atoms with Gasteiger partial charge in [-0.05, 0) is 25.3 Å². The summed E-state index contributed by atoms with van der Waals surface area (Å²) in [5.74, 6) is -2.74. The van der Waals surface area contributed by atoms with Crippen LogP contribution in [0.15, 0.2) is 24.3 Å². The molecule has 4 N–H and O–H groups in total. The van der Waals surface area contributed by atoms with Crippen LogP contribution in [0.1, 0.15) is 50.5 Å². The number of para-hydroxylation sites is 1. The van der Waals surface area contributed by atoms with Crippen LogP contribution in [0.3, 0.4) is 0 Å². The number of amides is 4. The predicted molar refractivity (Wildman–Crippen MR) is 108 cm³/mol. The molecule has 1 spiro atoms. The van der Waals surface area contributed by atoms with E-state index in [1.54, 1.807) is 6.07 Å². The fourth-order valence-corrected chi connectivity index (χ4v) is 6.03. The molecular formula is C22H26N4O4. The number of fused-ring (bicyclic) bond motifs is 4. The van der Waals surface area contributed by atoms with Gasteiger partial charge in [0, 0.05) is 29.8 Å². The summed E-state index contributed by atoms with van der Waals surface area (Å²) in [6, 6.07) is 6.71. The SMILES string of the molecule is NC(=O)CC[C@@H]1N[C@]2(C(=O)Nc3ccccc32)[C@@H]2C(=O)N(C3CCCCC3)C(=O)[C@H]12. The molecule has 8 heteroatoms. The van der Waals surface area contributed by atoms with Gasteiger partial charge in [0.15, 0.2) is 0 Å². The fraction of sp³-hybridized carbons (Fsp3) is 0.545. The van der Waals surface area contributed by atoms with Crippen molar-refractivity contribution >= 4 is 29.3 Å². The number of anilines is 1. The summed E-state index contributed by atoms with van der Waals surface area (Å²) in [5, 5.41) is 6.21. The molecule has 4 amide bonds. The zero-order valence-electron chi connectivity index (χ0n) is 16.7. The topological polar surface area (TPSA) is 122 Å². The second-order valence-corrected chi connectivity index (χ2v) is 8.91. The summed E-state index contributed by atoms with van der Waals surface area (Å²) < 4.78 is 0.